The number of allylic oxidation sites excluding steroid dienone is 1. The van der Waals surface area contributed by atoms with Gasteiger partial charge in [-0.1, -0.05) is 12.1 Å². The van der Waals surface area contributed by atoms with E-state index in [1.807, 2.05) is 17.5 Å². The summed E-state index contributed by atoms with van der Waals surface area (Å²) < 4.78 is 0. The molecule has 0 radical (unpaired) electrons. The molecule has 0 spiro atoms. The molecule has 2 aromatic rings. The Bertz CT molecular complexity index is 827. The molecule has 0 unspecified atom stereocenters. The van der Waals surface area contributed by atoms with Crippen molar-refractivity contribution >= 4 is 29.1 Å². The Balaban J connectivity index is 1.98. The van der Waals surface area contributed by atoms with Gasteiger partial charge in [0.1, 0.15) is 5.40 Å². The summed E-state index contributed by atoms with van der Waals surface area (Å²) in [7, 11) is 0. The van der Waals surface area contributed by atoms with Crippen LogP contribution in [-0.4, -0.2) is 14.9 Å². The average molecular weight is 310 g/mol. The number of thioether (sulfide) groups is 1. The van der Waals surface area contributed by atoms with Crippen molar-refractivity contribution in [1.29, 1.82) is 5.26 Å². The fourth-order valence-electron chi connectivity index (χ4n) is 2.40. The van der Waals surface area contributed by atoms with E-state index in [9.17, 15) is 10.1 Å². The largest absolute Gasteiger partial charge is 0.270 e. The summed E-state index contributed by atoms with van der Waals surface area (Å²) in [4.78, 5) is 19.0. The number of fused-ring (bicyclic) bond motifs is 1. The minimum atomic E-state index is -0.408. The van der Waals surface area contributed by atoms with Gasteiger partial charge >= 0.3 is 0 Å². The molecule has 1 aliphatic rings. The molecule has 1 heterocycles. The van der Waals surface area contributed by atoms with Gasteiger partial charge in [-0.2, -0.15) is 5.26 Å². The van der Waals surface area contributed by atoms with Crippen molar-refractivity contribution in [1.82, 2.24) is 9.97 Å². The predicted molar refractivity (Wildman–Crippen MR) is 82.8 cm³/mol. The maximum Gasteiger partial charge on any atom is 0.270 e. The molecule has 0 fully saturated rings. The maximum absolute atomic E-state index is 10.8. The summed E-state index contributed by atoms with van der Waals surface area (Å²) in [6.07, 6.45) is 5.31. The van der Waals surface area contributed by atoms with E-state index in [0.29, 0.717) is 5.16 Å². The van der Waals surface area contributed by atoms with Gasteiger partial charge in [-0.15, -0.1) is 0 Å². The number of rotatable bonds is 3. The number of thiocyanates is 1. The molecule has 108 valence electrons. The fourth-order valence-corrected chi connectivity index (χ4v) is 2.72. The van der Waals surface area contributed by atoms with E-state index in [1.165, 1.54) is 12.1 Å². The first-order valence-electron chi connectivity index (χ1n) is 6.54. The van der Waals surface area contributed by atoms with Gasteiger partial charge in [0.05, 0.1) is 10.6 Å². The van der Waals surface area contributed by atoms with Crippen LogP contribution in [0.5, 0.6) is 0 Å². The number of aromatic nitrogens is 2. The Morgan fingerprint density at radius 3 is 3.05 bits per heavy atom. The number of hydrogen-bond acceptors (Lipinski definition) is 6. The zero-order chi connectivity index (χ0) is 15.5. The van der Waals surface area contributed by atoms with E-state index in [0.717, 1.165) is 47.0 Å². The summed E-state index contributed by atoms with van der Waals surface area (Å²) in [6, 6.07) is 6.49. The van der Waals surface area contributed by atoms with Crippen LogP contribution in [0.4, 0.5) is 5.69 Å². The molecule has 0 atom stereocenters. The van der Waals surface area contributed by atoms with E-state index >= 15 is 0 Å². The minimum Gasteiger partial charge on any atom is -0.258 e. The average Bonchev–Trinajstić information content (AvgIpc) is 2.90. The van der Waals surface area contributed by atoms with Crippen molar-refractivity contribution in [3.8, 4) is 5.40 Å². The lowest BCUT2D eigenvalue weighted by Gasteiger charge is -2.02. The molecule has 3 rings (SSSR count). The number of nitrogens with zero attached hydrogens (tertiary/aromatic N) is 4. The lowest BCUT2D eigenvalue weighted by molar-refractivity contribution is -0.384. The Labute approximate surface area is 130 Å². The van der Waals surface area contributed by atoms with Gasteiger partial charge in [-0.3, -0.25) is 10.1 Å². The highest BCUT2D eigenvalue weighted by molar-refractivity contribution is 8.03. The summed E-state index contributed by atoms with van der Waals surface area (Å²) in [6.45, 7) is 0. The fraction of sp³-hybridized carbons (Fsp3) is 0.133. The number of nitriles is 1. The van der Waals surface area contributed by atoms with Crippen molar-refractivity contribution in [3.05, 3.63) is 57.4 Å². The number of non-ortho nitro benzene ring substituents is 1. The van der Waals surface area contributed by atoms with Crippen LogP contribution in [0.3, 0.4) is 0 Å². The molecule has 1 aromatic heterocycles. The van der Waals surface area contributed by atoms with Gasteiger partial charge in [0, 0.05) is 30.1 Å². The first kappa shape index (κ1) is 14.2. The van der Waals surface area contributed by atoms with Crippen LogP contribution >= 0.6 is 11.8 Å². The number of nitro benzene ring substituents is 1. The summed E-state index contributed by atoms with van der Waals surface area (Å²) >= 11 is 0.923. The van der Waals surface area contributed by atoms with Crippen molar-refractivity contribution in [2.24, 2.45) is 0 Å². The number of nitro groups is 1. The molecular weight excluding hydrogens is 300 g/mol. The van der Waals surface area contributed by atoms with Crippen LogP contribution in [0, 0.1) is 20.8 Å². The third-order valence-corrected chi connectivity index (χ3v) is 3.84. The van der Waals surface area contributed by atoms with Crippen LogP contribution < -0.4 is 0 Å². The van der Waals surface area contributed by atoms with Crippen LogP contribution in [0.2, 0.25) is 0 Å². The Hall–Kier alpha value is -2.72. The Morgan fingerprint density at radius 1 is 1.41 bits per heavy atom. The van der Waals surface area contributed by atoms with Crippen LogP contribution in [0.15, 0.2) is 35.6 Å². The molecular formula is C15H10N4O2S. The van der Waals surface area contributed by atoms with Crippen molar-refractivity contribution in [2.45, 2.75) is 18.0 Å². The van der Waals surface area contributed by atoms with E-state index in [4.69, 9.17) is 5.26 Å². The smallest absolute Gasteiger partial charge is 0.258 e. The Morgan fingerprint density at radius 2 is 2.27 bits per heavy atom. The molecule has 0 amide bonds. The molecule has 6 nitrogen and oxygen atoms in total. The second-order valence-corrected chi connectivity index (χ2v) is 5.49. The van der Waals surface area contributed by atoms with Gasteiger partial charge in [-0.25, -0.2) is 9.97 Å². The molecule has 22 heavy (non-hydrogen) atoms. The van der Waals surface area contributed by atoms with Gasteiger partial charge in [0.2, 0.25) is 5.16 Å². The summed E-state index contributed by atoms with van der Waals surface area (Å²) in [5.74, 6) is 0. The second kappa shape index (κ2) is 5.95. The standard InChI is InChI=1S/C15H10N4O2S/c16-9-22-15-17-8-12-5-4-11(14(12)18-15)6-10-2-1-3-13(7-10)19(20)21/h1-3,6-8H,4-5H2/b11-6+. The zero-order valence-electron chi connectivity index (χ0n) is 11.4. The third kappa shape index (κ3) is 2.82. The van der Waals surface area contributed by atoms with E-state index in [-0.39, 0.29) is 5.69 Å². The van der Waals surface area contributed by atoms with Gasteiger partial charge in [-0.05, 0) is 35.6 Å². The number of benzene rings is 1. The first-order chi connectivity index (χ1) is 10.7. The van der Waals surface area contributed by atoms with Gasteiger partial charge in [0.15, 0.2) is 0 Å². The zero-order valence-corrected chi connectivity index (χ0v) is 12.2. The SMILES string of the molecule is N#CSc1ncc2c(n1)/C(=C/c1cccc([N+](=O)[O-])c1)CC2. The molecule has 0 saturated carbocycles. The van der Waals surface area contributed by atoms with Gasteiger partial charge in [0.25, 0.3) is 5.69 Å². The lowest BCUT2D eigenvalue weighted by Crippen LogP contribution is -1.93. The highest BCUT2D eigenvalue weighted by Crippen LogP contribution is 2.33. The topological polar surface area (TPSA) is 92.7 Å². The Kier molecular flexibility index (Phi) is 3.85. The predicted octanol–water partition coefficient (Wildman–Crippen LogP) is 3.44. The molecule has 0 aliphatic heterocycles. The molecule has 0 N–H and O–H groups in total. The van der Waals surface area contributed by atoms with Gasteiger partial charge < -0.3 is 0 Å². The molecule has 1 aliphatic carbocycles. The molecule has 7 heteroatoms. The molecule has 1 aromatic carbocycles. The number of hydrogen-bond donors (Lipinski definition) is 0. The quantitative estimate of drug-likeness (QED) is 0.283. The number of aryl methyl sites for hydroxylation is 1. The molecule has 0 saturated heterocycles. The lowest BCUT2D eigenvalue weighted by atomic mass is 10.1. The normalized spacial score (nSPS) is 14.6. The molecule has 0 bridgehead atoms. The summed E-state index contributed by atoms with van der Waals surface area (Å²) in [5, 5.41) is 21.9. The minimum absolute atomic E-state index is 0.0657. The highest BCUT2D eigenvalue weighted by atomic mass is 32.2. The highest BCUT2D eigenvalue weighted by Gasteiger charge is 2.19. The van der Waals surface area contributed by atoms with E-state index in [2.05, 4.69) is 9.97 Å². The second-order valence-electron chi connectivity index (χ2n) is 4.74. The maximum atomic E-state index is 10.8. The van der Waals surface area contributed by atoms with Crippen molar-refractivity contribution < 1.29 is 4.92 Å². The van der Waals surface area contributed by atoms with Crippen LogP contribution in [0.1, 0.15) is 23.2 Å². The van der Waals surface area contributed by atoms with Crippen LogP contribution in [0.25, 0.3) is 11.6 Å². The first-order valence-corrected chi connectivity index (χ1v) is 7.36. The van der Waals surface area contributed by atoms with Crippen molar-refractivity contribution in [3.63, 3.8) is 0 Å². The van der Waals surface area contributed by atoms with Crippen molar-refractivity contribution in [2.75, 3.05) is 0 Å². The van der Waals surface area contributed by atoms with E-state index < -0.39 is 4.92 Å². The third-order valence-electron chi connectivity index (χ3n) is 3.37. The van der Waals surface area contributed by atoms with Crippen LogP contribution in [-0.2, 0) is 6.42 Å². The summed E-state index contributed by atoms with van der Waals surface area (Å²) in [5.41, 5.74) is 3.72. The van der Waals surface area contributed by atoms with E-state index in [1.54, 1.807) is 12.3 Å². The monoisotopic (exact) mass is 310 g/mol.